The number of fused-ring (bicyclic) bond motifs is 1. The molecule has 0 saturated heterocycles. The van der Waals surface area contributed by atoms with Gasteiger partial charge in [-0.3, -0.25) is 9.59 Å². The lowest BCUT2D eigenvalue weighted by Crippen LogP contribution is -2.16. The number of Topliss-reactive ketones (excluding diaryl/α,β-unsaturated/α-hetero) is 2. The zero-order valence-corrected chi connectivity index (χ0v) is 12.5. The Kier molecular flexibility index (Phi) is 4.28. The molecule has 0 fully saturated rings. The van der Waals surface area contributed by atoms with E-state index < -0.39 is 0 Å². The lowest BCUT2D eigenvalue weighted by molar-refractivity contribution is 0.0915. The lowest BCUT2D eigenvalue weighted by Gasteiger charge is -2.18. The van der Waals surface area contributed by atoms with Gasteiger partial charge in [-0.15, -0.1) is 0 Å². The van der Waals surface area contributed by atoms with Crippen LogP contribution in [-0.4, -0.2) is 29.9 Å². The third-order valence-corrected chi connectivity index (χ3v) is 3.65. The fourth-order valence-corrected chi connectivity index (χ4v) is 2.43. The second kappa shape index (κ2) is 6.52. The van der Waals surface area contributed by atoms with Gasteiger partial charge in [-0.2, -0.15) is 0 Å². The number of ether oxygens (including phenoxy) is 2. The minimum Gasteiger partial charge on any atom is -0.507 e. The Morgan fingerprint density at radius 3 is 2.39 bits per heavy atom. The monoisotopic (exact) mass is 312 g/mol. The van der Waals surface area contributed by atoms with Crippen molar-refractivity contribution < 1.29 is 24.2 Å². The Labute approximate surface area is 133 Å². The molecule has 0 aliphatic carbocycles. The van der Waals surface area contributed by atoms with Gasteiger partial charge in [-0.05, 0) is 30.3 Å². The van der Waals surface area contributed by atoms with Crippen molar-refractivity contribution in [3.05, 3.63) is 53.6 Å². The largest absolute Gasteiger partial charge is 0.507 e. The number of carbonyl (C=O) groups is 2. The lowest BCUT2D eigenvalue weighted by atomic mass is 10.0. The van der Waals surface area contributed by atoms with E-state index in [1.807, 2.05) is 0 Å². The number of para-hydroxylation sites is 1. The molecule has 0 radical (unpaired) electrons. The zero-order chi connectivity index (χ0) is 16.2. The van der Waals surface area contributed by atoms with Crippen molar-refractivity contribution in [3.63, 3.8) is 0 Å². The van der Waals surface area contributed by atoms with Crippen LogP contribution in [0.25, 0.3) is 0 Å². The van der Waals surface area contributed by atoms with E-state index in [0.717, 1.165) is 0 Å². The number of hydrogen-bond donors (Lipinski definition) is 1. The van der Waals surface area contributed by atoms with Crippen molar-refractivity contribution in [2.75, 3.05) is 13.2 Å². The van der Waals surface area contributed by atoms with Crippen molar-refractivity contribution in [1.82, 2.24) is 0 Å². The minimum absolute atomic E-state index is 0.0465. The smallest absolute Gasteiger partial charge is 0.167 e. The molecular formula is C18H16O5. The van der Waals surface area contributed by atoms with Crippen LogP contribution in [-0.2, 0) is 0 Å². The number of phenolic OH excluding ortho intramolecular Hbond substituents is 1. The van der Waals surface area contributed by atoms with Crippen LogP contribution in [0.15, 0.2) is 42.5 Å². The molecule has 0 spiro atoms. The quantitative estimate of drug-likeness (QED) is 0.859. The Morgan fingerprint density at radius 1 is 0.913 bits per heavy atom. The number of carbonyl (C=O) groups excluding carboxylic acids is 2. The van der Waals surface area contributed by atoms with Crippen molar-refractivity contribution >= 4 is 11.6 Å². The molecule has 1 N–H and O–H groups in total. The highest BCUT2D eigenvalue weighted by Gasteiger charge is 2.17. The maximum absolute atomic E-state index is 12.2. The van der Waals surface area contributed by atoms with Crippen LogP contribution in [0.5, 0.6) is 17.2 Å². The SMILES string of the molecule is O=C(CCC(=O)c1ccccc1O)c1ccc2c(c1)OCCO2. The number of benzene rings is 2. The number of phenols is 1. The average molecular weight is 312 g/mol. The van der Waals surface area contributed by atoms with E-state index in [1.54, 1.807) is 36.4 Å². The summed E-state index contributed by atoms with van der Waals surface area (Å²) in [7, 11) is 0. The summed E-state index contributed by atoms with van der Waals surface area (Å²) in [6.45, 7) is 0.950. The van der Waals surface area contributed by atoms with Crippen LogP contribution in [0, 0.1) is 0 Å². The van der Waals surface area contributed by atoms with E-state index in [9.17, 15) is 14.7 Å². The minimum atomic E-state index is -0.256. The molecule has 5 nitrogen and oxygen atoms in total. The fraction of sp³-hybridized carbons (Fsp3) is 0.222. The molecule has 0 atom stereocenters. The Hall–Kier alpha value is -2.82. The molecule has 23 heavy (non-hydrogen) atoms. The summed E-state index contributed by atoms with van der Waals surface area (Å²) in [6.07, 6.45) is 0.123. The summed E-state index contributed by atoms with van der Waals surface area (Å²) >= 11 is 0. The number of ketones is 2. The van der Waals surface area contributed by atoms with Crippen LogP contribution in [0.4, 0.5) is 0 Å². The summed E-state index contributed by atoms with van der Waals surface area (Å²) in [6, 6.07) is 11.3. The first-order valence-electron chi connectivity index (χ1n) is 7.39. The third-order valence-electron chi connectivity index (χ3n) is 3.65. The van der Waals surface area contributed by atoms with Gasteiger partial charge < -0.3 is 14.6 Å². The second-order valence-electron chi connectivity index (χ2n) is 5.22. The first kappa shape index (κ1) is 15.1. The number of rotatable bonds is 5. The van der Waals surface area contributed by atoms with Crippen LogP contribution in [0.1, 0.15) is 33.6 Å². The first-order valence-corrected chi connectivity index (χ1v) is 7.39. The summed E-state index contributed by atoms with van der Waals surface area (Å²) in [5, 5.41) is 9.66. The van der Waals surface area contributed by atoms with Crippen molar-refractivity contribution in [3.8, 4) is 17.2 Å². The van der Waals surface area contributed by atoms with Gasteiger partial charge in [0.1, 0.15) is 19.0 Å². The van der Waals surface area contributed by atoms with Gasteiger partial charge in [0.25, 0.3) is 0 Å². The average Bonchev–Trinajstić information content (AvgIpc) is 2.59. The molecule has 118 valence electrons. The van der Waals surface area contributed by atoms with Gasteiger partial charge in [-0.1, -0.05) is 12.1 Å². The standard InChI is InChI=1S/C18H16O5/c19-14(6-7-16(21)13-3-1-2-4-15(13)20)12-5-8-17-18(11-12)23-10-9-22-17/h1-5,8,11,20H,6-7,9-10H2. The molecule has 5 heteroatoms. The number of hydrogen-bond acceptors (Lipinski definition) is 5. The van der Waals surface area contributed by atoms with E-state index in [4.69, 9.17) is 9.47 Å². The molecule has 0 aromatic heterocycles. The molecule has 1 aliphatic rings. The summed E-state index contributed by atoms with van der Waals surface area (Å²) < 4.78 is 10.9. The number of aromatic hydroxyl groups is 1. The molecule has 1 aliphatic heterocycles. The molecule has 2 aromatic carbocycles. The predicted octanol–water partition coefficient (Wildman–Crippen LogP) is 3.01. The molecular weight excluding hydrogens is 296 g/mol. The van der Waals surface area contributed by atoms with Crippen LogP contribution < -0.4 is 9.47 Å². The summed E-state index contributed by atoms with van der Waals surface area (Å²) in [5.74, 6) is 0.705. The predicted molar refractivity (Wildman–Crippen MR) is 83.4 cm³/mol. The van der Waals surface area contributed by atoms with Crippen LogP contribution in [0.3, 0.4) is 0 Å². The maximum Gasteiger partial charge on any atom is 0.167 e. The van der Waals surface area contributed by atoms with Gasteiger partial charge in [0.15, 0.2) is 23.1 Å². The zero-order valence-electron chi connectivity index (χ0n) is 12.5. The van der Waals surface area contributed by atoms with Gasteiger partial charge >= 0.3 is 0 Å². The van der Waals surface area contributed by atoms with E-state index in [0.29, 0.717) is 30.3 Å². The summed E-state index contributed by atoms with van der Waals surface area (Å²) in [4.78, 5) is 24.3. The first-order chi connectivity index (χ1) is 11.1. The van der Waals surface area contributed by atoms with Gasteiger partial charge in [0.05, 0.1) is 5.56 Å². The molecule has 0 unspecified atom stereocenters. The van der Waals surface area contributed by atoms with Crippen LogP contribution in [0.2, 0.25) is 0 Å². The van der Waals surface area contributed by atoms with Gasteiger partial charge in [-0.25, -0.2) is 0 Å². The Morgan fingerprint density at radius 2 is 1.61 bits per heavy atom. The summed E-state index contributed by atoms with van der Waals surface area (Å²) in [5.41, 5.74) is 0.724. The highest BCUT2D eigenvalue weighted by atomic mass is 16.6. The molecule has 1 heterocycles. The highest BCUT2D eigenvalue weighted by Crippen LogP contribution is 2.31. The molecule has 0 saturated carbocycles. The third kappa shape index (κ3) is 3.34. The maximum atomic E-state index is 12.2. The second-order valence-corrected chi connectivity index (χ2v) is 5.22. The molecule has 0 amide bonds. The van der Waals surface area contributed by atoms with Gasteiger partial charge in [0, 0.05) is 18.4 Å². The topological polar surface area (TPSA) is 72.8 Å². The molecule has 0 bridgehead atoms. The van der Waals surface area contributed by atoms with Crippen molar-refractivity contribution in [1.29, 1.82) is 0 Å². The van der Waals surface area contributed by atoms with E-state index >= 15 is 0 Å². The van der Waals surface area contributed by atoms with Crippen molar-refractivity contribution in [2.24, 2.45) is 0 Å². The van der Waals surface area contributed by atoms with E-state index in [2.05, 4.69) is 0 Å². The van der Waals surface area contributed by atoms with Crippen molar-refractivity contribution in [2.45, 2.75) is 12.8 Å². The molecule has 2 aromatic rings. The van der Waals surface area contributed by atoms with E-state index in [1.165, 1.54) is 6.07 Å². The van der Waals surface area contributed by atoms with E-state index in [-0.39, 0.29) is 35.7 Å². The molecule has 3 rings (SSSR count). The normalized spacial score (nSPS) is 12.7. The van der Waals surface area contributed by atoms with Gasteiger partial charge in [0.2, 0.25) is 0 Å². The van der Waals surface area contributed by atoms with Crippen LogP contribution >= 0.6 is 0 Å². The fourth-order valence-electron chi connectivity index (χ4n) is 2.43. The Balaban J connectivity index is 1.66. The highest BCUT2D eigenvalue weighted by molar-refractivity contribution is 6.03. The Bertz CT molecular complexity index is 751.